The van der Waals surface area contributed by atoms with Gasteiger partial charge in [0.05, 0.1) is 13.0 Å². The minimum absolute atomic E-state index is 0.0857. The van der Waals surface area contributed by atoms with Crippen LogP contribution >= 0.6 is 0 Å². The highest BCUT2D eigenvalue weighted by Gasteiger charge is 2.27. The van der Waals surface area contributed by atoms with E-state index in [-0.39, 0.29) is 5.92 Å². The minimum Gasteiger partial charge on any atom is -0.497 e. The van der Waals surface area contributed by atoms with E-state index in [1.807, 2.05) is 24.1 Å². The number of anilines is 1. The van der Waals surface area contributed by atoms with Crippen molar-refractivity contribution in [2.45, 2.75) is 20.3 Å². The molecule has 1 N–H and O–H groups in total. The van der Waals surface area contributed by atoms with Crippen molar-refractivity contribution < 1.29 is 9.53 Å². The highest BCUT2D eigenvalue weighted by Crippen LogP contribution is 2.21. The van der Waals surface area contributed by atoms with Gasteiger partial charge in [0.2, 0.25) is 5.91 Å². The van der Waals surface area contributed by atoms with E-state index in [0.717, 1.165) is 44.9 Å². The zero-order valence-corrected chi connectivity index (χ0v) is 15.4. The Morgan fingerprint density at radius 3 is 2.29 bits per heavy atom. The van der Waals surface area contributed by atoms with Crippen molar-refractivity contribution in [2.24, 2.45) is 11.8 Å². The maximum Gasteiger partial charge on any atom is 0.227 e. The third-order valence-electron chi connectivity index (χ3n) is 4.58. The molecule has 0 saturated carbocycles. The summed E-state index contributed by atoms with van der Waals surface area (Å²) in [6, 6.07) is 8.13. The molecule has 0 aromatic heterocycles. The number of piperazine rings is 1. The summed E-state index contributed by atoms with van der Waals surface area (Å²) in [6.07, 6.45) is 0.943. The fourth-order valence-electron chi connectivity index (χ4n) is 3.32. The van der Waals surface area contributed by atoms with Gasteiger partial charge < -0.3 is 19.9 Å². The van der Waals surface area contributed by atoms with E-state index in [1.165, 1.54) is 5.69 Å². The Labute approximate surface area is 146 Å². The summed E-state index contributed by atoms with van der Waals surface area (Å²) in [5, 5.41) is 3.17. The Hall–Kier alpha value is -1.75. The minimum atomic E-state index is 0.0857. The molecular formula is C19H31N3O2. The van der Waals surface area contributed by atoms with E-state index in [0.29, 0.717) is 11.8 Å². The lowest BCUT2D eigenvalue weighted by atomic mass is 9.95. The topological polar surface area (TPSA) is 44.8 Å². The lowest BCUT2D eigenvalue weighted by molar-refractivity contribution is -0.136. The first-order valence-corrected chi connectivity index (χ1v) is 8.87. The van der Waals surface area contributed by atoms with Crippen LogP contribution in [-0.4, -0.2) is 57.7 Å². The number of methoxy groups -OCH3 is 1. The fourth-order valence-corrected chi connectivity index (χ4v) is 3.32. The monoisotopic (exact) mass is 333 g/mol. The Balaban J connectivity index is 1.91. The molecule has 1 heterocycles. The van der Waals surface area contributed by atoms with Gasteiger partial charge in [-0.1, -0.05) is 13.8 Å². The smallest absolute Gasteiger partial charge is 0.227 e. The molecule has 0 unspecified atom stereocenters. The van der Waals surface area contributed by atoms with E-state index in [4.69, 9.17) is 4.74 Å². The summed E-state index contributed by atoms with van der Waals surface area (Å²) in [6.45, 7) is 8.47. The summed E-state index contributed by atoms with van der Waals surface area (Å²) < 4.78 is 5.21. The first-order valence-electron chi connectivity index (χ1n) is 8.87. The third kappa shape index (κ3) is 4.87. The number of amides is 1. The van der Waals surface area contributed by atoms with Crippen LogP contribution in [0.25, 0.3) is 0 Å². The summed E-state index contributed by atoms with van der Waals surface area (Å²) in [4.78, 5) is 17.2. The van der Waals surface area contributed by atoms with Gasteiger partial charge >= 0.3 is 0 Å². The second kappa shape index (κ2) is 8.92. The van der Waals surface area contributed by atoms with Crippen LogP contribution in [0.15, 0.2) is 24.3 Å². The third-order valence-corrected chi connectivity index (χ3v) is 4.58. The number of carbonyl (C=O) groups excluding carboxylic acids is 1. The summed E-state index contributed by atoms with van der Waals surface area (Å²) in [7, 11) is 3.60. The molecule has 1 aliphatic rings. The van der Waals surface area contributed by atoms with Crippen LogP contribution in [0.4, 0.5) is 5.69 Å². The van der Waals surface area contributed by atoms with Crippen molar-refractivity contribution in [3.63, 3.8) is 0 Å². The van der Waals surface area contributed by atoms with Crippen molar-refractivity contribution in [2.75, 3.05) is 51.8 Å². The first kappa shape index (κ1) is 18.6. The molecule has 1 fully saturated rings. The van der Waals surface area contributed by atoms with E-state index in [9.17, 15) is 4.79 Å². The van der Waals surface area contributed by atoms with Crippen molar-refractivity contribution in [3.05, 3.63) is 24.3 Å². The van der Waals surface area contributed by atoms with Gasteiger partial charge in [-0.05, 0) is 43.7 Å². The predicted octanol–water partition coefficient (Wildman–Crippen LogP) is 2.23. The SMILES string of the molecule is CNC[C@H](CC(C)C)C(=O)N1CCN(c2ccc(OC)cc2)CC1. The number of carbonyl (C=O) groups is 1. The number of hydrogen-bond acceptors (Lipinski definition) is 4. The van der Waals surface area contributed by atoms with Crippen LogP contribution in [0.3, 0.4) is 0 Å². The van der Waals surface area contributed by atoms with E-state index < -0.39 is 0 Å². The van der Waals surface area contributed by atoms with Gasteiger partial charge in [0.1, 0.15) is 5.75 Å². The second-order valence-electron chi connectivity index (χ2n) is 6.89. The molecule has 0 radical (unpaired) electrons. The number of nitrogens with zero attached hydrogens (tertiary/aromatic N) is 2. The van der Waals surface area contributed by atoms with Gasteiger partial charge in [0.15, 0.2) is 0 Å². The quantitative estimate of drug-likeness (QED) is 0.831. The van der Waals surface area contributed by atoms with E-state index in [1.54, 1.807) is 7.11 Å². The number of benzene rings is 1. The van der Waals surface area contributed by atoms with Gasteiger partial charge in [0, 0.05) is 38.4 Å². The van der Waals surface area contributed by atoms with Crippen LogP contribution in [0.5, 0.6) is 5.75 Å². The van der Waals surface area contributed by atoms with Gasteiger partial charge in [-0.3, -0.25) is 4.79 Å². The lowest BCUT2D eigenvalue weighted by Gasteiger charge is -2.38. The number of ether oxygens (including phenoxy) is 1. The Morgan fingerprint density at radius 2 is 1.79 bits per heavy atom. The molecule has 1 aliphatic heterocycles. The van der Waals surface area contributed by atoms with Crippen molar-refractivity contribution in [1.82, 2.24) is 10.2 Å². The van der Waals surface area contributed by atoms with Crippen molar-refractivity contribution in [3.8, 4) is 5.75 Å². The molecule has 5 heteroatoms. The normalized spacial score (nSPS) is 16.4. The number of nitrogens with one attached hydrogen (secondary N) is 1. The van der Waals surface area contributed by atoms with Crippen molar-refractivity contribution in [1.29, 1.82) is 0 Å². The van der Waals surface area contributed by atoms with Crippen LogP contribution in [0.2, 0.25) is 0 Å². The molecule has 5 nitrogen and oxygen atoms in total. The molecule has 1 aromatic rings. The Morgan fingerprint density at radius 1 is 1.17 bits per heavy atom. The summed E-state index contributed by atoms with van der Waals surface area (Å²) >= 11 is 0. The lowest BCUT2D eigenvalue weighted by Crippen LogP contribution is -2.51. The predicted molar refractivity (Wildman–Crippen MR) is 98.7 cm³/mol. The maximum absolute atomic E-state index is 12.8. The van der Waals surface area contributed by atoms with Crippen LogP contribution in [0.1, 0.15) is 20.3 Å². The van der Waals surface area contributed by atoms with Gasteiger partial charge in [-0.15, -0.1) is 0 Å². The fraction of sp³-hybridized carbons (Fsp3) is 0.632. The molecule has 2 rings (SSSR count). The molecule has 1 amide bonds. The molecule has 0 aliphatic carbocycles. The molecule has 134 valence electrons. The number of hydrogen-bond donors (Lipinski definition) is 1. The first-order chi connectivity index (χ1) is 11.5. The van der Waals surface area contributed by atoms with Crippen molar-refractivity contribution >= 4 is 11.6 Å². The molecule has 1 saturated heterocycles. The zero-order valence-electron chi connectivity index (χ0n) is 15.4. The summed E-state index contributed by atoms with van der Waals surface area (Å²) in [5.41, 5.74) is 1.19. The Kier molecular flexibility index (Phi) is 6.91. The van der Waals surface area contributed by atoms with Crippen LogP contribution in [0, 0.1) is 11.8 Å². The standard InChI is InChI=1S/C19H31N3O2/c1-15(2)13-16(14-20-3)19(23)22-11-9-21(10-12-22)17-5-7-18(24-4)8-6-17/h5-8,15-16,20H,9-14H2,1-4H3/t16-/m0/s1. The van der Waals surface area contributed by atoms with E-state index >= 15 is 0 Å². The van der Waals surface area contributed by atoms with Gasteiger partial charge in [0.25, 0.3) is 0 Å². The van der Waals surface area contributed by atoms with Gasteiger partial charge in [-0.25, -0.2) is 0 Å². The molecule has 0 spiro atoms. The van der Waals surface area contributed by atoms with Gasteiger partial charge in [-0.2, -0.15) is 0 Å². The highest BCUT2D eigenvalue weighted by atomic mass is 16.5. The average molecular weight is 333 g/mol. The number of rotatable bonds is 7. The highest BCUT2D eigenvalue weighted by molar-refractivity contribution is 5.79. The molecule has 0 bridgehead atoms. The molecule has 1 atom stereocenters. The Bertz CT molecular complexity index is 508. The zero-order chi connectivity index (χ0) is 17.5. The molecule has 1 aromatic carbocycles. The average Bonchev–Trinajstić information content (AvgIpc) is 2.60. The maximum atomic E-state index is 12.8. The second-order valence-corrected chi connectivity index (χ2v) is 6.89. The molecular weight excluding hydrogens is 302 g/mol. The largest absolute Gasteiger partial charge is 0.497 e. The van der Waals surface area contributed by atoms with Crippen LogP contribution in [-0.2, 0) is 4.79 Å². The molecule has 24 heavy (non-hydrogen) atoms. The summed E-state index contributed by atoms with van der Waals surface area (Å²) in [5.74, 6) is 1.79. The van der Waals surface area contributed by atoms with E-state index in [2.05, 4.69) is 36.2 Å². The van der Waals surface area contributed by atoms with Crippen LogP contribution < -0.4 is 15.0 Å².